The summed E-state index contributed by atoms with van der Waals surface area (Å²) < 4.78 is 13.7. The molecular formula is C17H24FNOS. The molecule has 0 radical (unpaired) electrons. The second-order valence-corrected chi connectivity index (χ2v) is 6.15. The van der Waals surface area contributed by atoms with Gasteiger partial charge in [-0.2, -0.15) is 11.8 Å². The highest BCUT2D eigenvalue weighted by Gasteiger charge is 2.10. The Morgan fingerprint density at radius 3 is 2.81 bits per heavy atom. The first-order valence-corrected chi connectivity index (χ1v) is 8.54. The maximum atomic E-state index is 13.7. The van der Waals surface area contributed by atoms with Crippen molar-refractivity contribution in [3.8, 4) is 11.8 Å². The lowest BCUT2D eigenvalue weighted by Gasteiger charge is -2.24. The van der Waals surface area contributed by atoms with Crippen LogP contribution in [-0.4, -0.2) is 41.7 Å². The predicted molar refractivity (Wildman–Crippen MR) is 88.9 cm³/mol. The fraction of sp³-hybridized carbons (Fsp3) is 0.529. The smallest absolute Gasteiger partial charge is 0.124 e. The molecule has 2 nitrogen and oxygen atoms in total. The molecule has 1 aromatic carbocycles. The Morgan fingerprint density at radius 2 is 2.14 bits per heavy atom. The molecule has 1 unspecified atom stereocenters. The number of halogens is 1. The van der Waals surface area contributed by atoms with Gasteiger partial charge in [0.15, 0.2) is 0 Å². The highest BCUT2D eigenvalue weighted by molar-refractivity contribution is 7.98. The van der Waals surface area contributed by atoms with E-state index in [2.05, 4.69) is 37.0 Å². The van der Waals surface area contributed by atoms with Crippen molar-refractivity contribution in [2.75, 3.05) is 25.7 Å². The summed E-state index contributed by atoms with van der Waals surface area (Å²) in [7, 11) is 2.06. The van der Waals surface area contributed by atoms with E-state index in [-0.39, 0.29) is 12.4 Å². The van der Waals surface area contributed by atoms with Crippen LogP contribution in [0, 0.1) is 17.7 Å². The Kier molecular flexibility index (Phi) is 8.44. The summed E-state index contributed by atoms with van der Waals surface area (Å²) >= 11 is 1.84. The predicted octanol–water partition coefficient (Wildman–Crippen LogP) is 3.13. The van der Waals surface area contributed by atoms with E-state index in [4.69, 9.17) is 5.11 Å². The quantitative estimate of drug-likeness (QED) is 0.783. The summed E-state index contributed by atoms with van der Waals surface area (Å²) in [6.45, 7) is 2.93. The van der Waals surface area contributed by atoms with Crippen LogP contribution in [0.2, 0.25) is 0 Å². The minimum Gasteiger partial charge on any atom is -0.395 e. The summed E-state index contributed by atoms with van der Waals surface area (Å²) in [5, 5.41) is 8.72. The zero-order chi connectivity index (χ0) is 15.7. The van der Waals surface area contributed by atoms with E-state index in [1.165, 1.54) is 6.07 Å². The standard InChI is InChI=1S/C17H24FNOS/c1-14(7-9-21-3)19(2)13-16-10-15(6-4-5-8-20)11-17(18)12-16/h10-12,14,20H,5,7-9,13H2,1-3H3. The van der Waals surface area contributed by atoms with E-state index >= 15 is 0 Å². The van der Waals surface area contributed by atoms with E-state index in [0.29, 0.717) is 24.6 Å². The monoisotopic (exact) mass is 309 g/mol. The van der Waals surface area contributed by atoms with Crippen molar-refractivity contribution in [1.82, 2.24) is 4.90 Å². The molecule has 0 bridgehead atoms. The molecule has 1 aromatic rings. The summed E-state index contributed by atoms with van der Waals surface area (Å²) in [5.41, 5.74) is 1.60. The van der Waals surface area contributed by atoms with Crippen molar-refractivity contribution >= 4 is 11.8 Å². The van der Waals surface area contributed by atoms with Gasteiger partial charge in [-0.15, -0.1) is 0 Å². The van der Waals surface area contributed by atoms with E-state index < -0.39 is 0 Å². The lowest BCUT2D eigenvalue weighted by molar-refractivity contribution is 0.245. The van der Waals surface area contributed by atoms with Gasteiger partial charge in [-0.05, 0) is 56.2 Å². The summed E-state index contributed by atoms with van der Waals surface area (Å²) in [4.78, 5) is 2.23. The molecule has 0 amide bonds. The lowest BCUT2D eigenvalue weighted by atomic mass is 10.1. The lowest BCUT2D eigenvalue weighted by Crippen LogP contribution is -2.29. The average Bonchev–Trinajstić information content (AvgIpc) is 2.44. The minimum atomic E-state index is -0.258. The average molecular weight is 309 g/mol. The number of aliphatic hydroxyl groups is 1. The van der Waals surface area contributed by atoms with Crippen molar-refractivity contribution < 1.29 is 9.50 Å². The number of hydrogen-bond acceptors (Lipinski definition) is 3. The SMILES string of the molecule is CSCCC(C)N(C)Cc1cc(F)cc(C#CCCO)c1. The van der Waals surface area contributed by atoms with E-state index in [1.807, 2.05) is 17.8 Å². The number of aliphatic hydroxyl groups excluding tert-OH is 1. The molecule has 0 aliphatic rings. The van der Waals surface area contributed by atoms with Gasteiger partial charge in [0, 0.05) is 24.6 Å². The Labute approximate surface area is 131 Å². The number of nitrogens with zero attached hydrogens (tertiary/aromatic N) is 1. The van der Waals surface area contributed by atoms with Gasteiger partial charge in [-0.1, -0.05) is 11.8 Å². The van der Waals surface area contributed by atoms with Crippen LogP contribution < -0.4 is 0 Å². The molecule has 0 aromatic heterocycles. The minimum absolute atomic E-state index is 0.0326. The molecule has 116 valence electrons. The van der Waals surface area contributed by atoms with E-state index in [9.17, 15) is 4.39 Å². The van der Waals surface area contributed by atoms with Crippen LogP contribution in [0.4, 0.5) is 4.39 Å². The molecule has 4 heteroatoms. The van der Waals surface area contributed by atoms with Crippen molar-refractivity contribution in [1.29, 1.82) is 0 Å². The van der Waals surface area contributed by atoms with Crippen LogP contribution in [0.25, 0.3) is 0 Å². The Hall–Kier alpha value is -1.02. The van der Waals surface area contributed by atoms with Crippen molar-refractivity contribution in [3.05, 3.63) is 35.1 Å². The molecule has 0 aliphatic heterocycles. The molecule has 0 fully saturated rings. The number of benzene rings is 1. The first-order valence-electron chi connectivity index (χ1n) is 7.15. The van der Waals surface area contributed by atoms with Gasteiger partial charge >= 0.3 is 0 Å². The van der Waals surface area contributed by atoms with Crippen LogP contribution >= 0.6 is 11.8 Å². The molecule has 0 heterocycles. The van der Waals surface area contributed by atoms with Gasteiger partial charge in [0.2, 0.25) is 0 Å². The van der Waals surface area contributed by atoms with Gasteiger partial charge in [-0.3, -0.25) is 4.90 Å². The van der Waals surface area contributed by atoms with Gasteiger partial charge in [0.1, 0.15) is 5.82 Å². The normalized spacial score (nSPS) is 12.1. The first kappa shape index (κ1) is 18.0. The van der Waals surface area contributed by atoms with Gasteiger partial charge in [-0.25, -0.2) is 4.39 Å². The van der Waals surface area contributed by atoms with Crippen LogP contribution in [0.5, 0.6) is 0 Å². The highest BCUT2D eigenvalue weighted by atomic mass is 32.2. The fourth-order valence-electron chi connectivity index (χ4n) is 1.99. The highest BCUT2D eigenvalue weighted by Crippen LogP contribution is 2.14. The molecule has 0 aliphatic carbocycles. The molecular weight excluding hydrogens is 285 g/mol. The third kappa shape index (κ3) is 6.99. The Bertz CT molecular complexity index is 495. The number of rotatable bonds is 7. The molecule has 21 heavy (non-hydrogen) atoms. The van der Waals surface area contributed by atoms with E-state index in [0.717, 1.165) is 17.7 Å². The van der Waals surface area contributed by atoms with Crippen LogP contribution in [0.15, 0.2) is 18.2 Å². The number of hydrogen-bond donors (Lipinski definition) is 1. The third-order valence-corrected chi connectivity index (χ3v) is 4.00. The number of thioether (sulfide) groups is 1. The molecule has 1 rings (SSSR count). The van der Waals surface area contributed by atoms with Crippen molar-refractivity contribution in [2.24, 2.45) is 0 Å². The van der Waals surface area contributed by atoms with Crippen molar-refractivity contribution in [2.45, 2.75) is 32.4 Å². The Balaban J connectivity index is 2.72. The van der Waals surface area contributed by atoms with Crippen molar-refractivity contribution in [3.63, 3.8) is 0 Å². The zero-order valence-electron chi connectivity index (χ0n) is 13.0. The van der Waals surface area contributed by atoms with Gasteiger partial charge in [0.05, 0.1) is 6.61 Å². The summed E-state index contributed by atoms with van der Waals surface area (Å²) in [6, 6.07) is 5.38. The van der Waals surface area contributed by atoms with Crippen LogP contribution in [-0.2, 0) is 6.54 Å². The topological polar surface area (TPSA) is 23.5 Å². The van der Waals surface area contributed by atoms with E-state index in [1.54, 1.807) is 6.07 Å². The van der Waals surface area contributed by atoms with Gasteiger partial charge < -0.3 is 5.11 Å². The second kappa shape index (κ2) is 9.83. The summed E-state index contributed by atoms with van der Waals surface area (Å²) in [5.74, 6) is 6.59. The second-order valence-electron chi connectivity index (χ2n) is 5.17. The molecule has 0 saturated carbocycles. The Morgan fingerprint density at radius 1 is 1.38 bits per heavy atom. The molecule has 1 N–H and O–H groups in total. The molecule has 1 atom stereocenters. The maximum absolute atomic E-state index is 13.7. The largest absolute Gasteiger partial charge is 0.395 e. The van der Waals surface area contributed by atoms with Crippen LogP contribution in [0.1, 0.15) is 30.9 Å². The fourth-order valence-corrected chi connectivity index (χ4v) is 2.56. The third-order valence-electron chi connectivity index (χ3n) is 3.35. The maximum Gasteiger partial charge on any atom is 0.124 e. The van der Waals surface area contributed by atoms with Gasteiger partial charge in [0.25, 0.3) is 0 Å². The molecule has 0 spiro atoms. The first-order chi connectivity index (χ1) is 10.1. The van der Waals surface area contributed by atoms with Crippen LogP contribution in [0.3, 0.4) is 0 Å². The molecule has 0 saturated heterocycles. The summed E-state index contributed by atoms with van der Waals surface area (Å²) in [6.07, 6.45) is 3.64. The zero-order valence-corrected chi connectivity index (χ0v) is 13.8.